The Bertz CT molecular complexity index is 1530. The van der Waals surface area contributed by atoms with Crippen molar-refractivity contribution in [3.05, 3.63) is 51.9 Å². The minimum absolute atomic E-state index is 0.0133. The molecular weight excluding hydrogens is 528 g/mol. The molecule has 198 valence electrons. The van der Waals surface area contributed by atoms with Crippen LogP contribution in [0.5, 0.6) is 0 Å². The van der Waals surface area contributed by atoms with Gasteiger partial charge in [0.25, 0.3) is 0 Å². The summed E-state index contributed by atoms with van der Waals surface area (Å²) in [6.07, 6.45) is -1.10. The fraction of sp³-hybridized carbons (Fsp3) is 0.400. The highest BCUT2D eigenvalue weighted by atomic mass is 35.5. The van der Waals surface area contributed by atoms with E-state index in [9.17, 15) is 32.7 Å². The second-order valence-electron chi connectivity index (χ2n) is 9.84. The molecule has 0 radical (unpaired) electrons. The van der Waals surface area contributed by atoms with E-state index in [-0.39, 0.29) is 47.6 Å². The number of fused-ring (bicyclic) bond motifs is 1. The van der Waals surface area contributed by atoms with Gasteiger partial charge in [-0.2, -0.15) is 22.8 Å². The van der Waals surface area contributed by atoms with Crippen molar-refractivity contribution in [2.45, 2.75) is 44.6 Å². The average Bonchev–Trinajstić information content (AvgIpc) is 3.29. The lowest BCUT2D eigenvalue weighted by Crippen LogP contribution is -2.67. The Hall–Kier alpha value is -3.72. The lowest BCUT2D eigenvalue weighted by atomic mass is 9.62. The molecule has 1 saturated carbocycles. The van der Waals surface area contributed by atoms with Gasteiger partial charge in [-0.3, -0.25) is 0 Å². The maximum absolute atomic E-state index is 14.4. The maximum atomic E-state index is 14.4. The van der Waals surface area contributed by atoms with E-state index in [0.29, 0.717) is 16.6 Å². The summed E-state index contributed by atoms with van der Waals surface area (Å²) in [6, 6.07) is 7.85. The molecule has 3 aromatic rings. The second-order valence-corrected chi connectivity index (χ2v) is 10.2. The van der Waals surface area contributed by atoms with Crippen molar-refractivity contribution in [1.29, 1.82) is 5.26 Å². The minimum Gasteiger partial charge on any atom is -0.476 e. The number of aromatic nitrogens is 3. The van der Waals surface area contributed by atoms with E-state index in [1.165, 1.54) is 17.0 Å². The quantitative estimate of drug-likeness (QED) is 0.313. The largest absolute Gasteiger partial charge is 0.476 e. The molecule has 38 heavy (non-hydrogen) atoms. The predicted molar refractivity (Wildman–Crippen MR) is 131 cm³/mol. The van der Waals surface area contributed by atoms with Crippen LogP contribution in [0.15, 0.2) is 24.3 Å². The van der Waals surface area contributed by atoms with Crippen LogP contribution in [0.3, 0.4) is 0 Å². The second kappa shape index (κ2) is 8.66. The number of rotatable bonds is 5. The molecule has 1 aromatic carbocycles. The molecule has 0 bridgehead atoms. The number of nitriles is 1. The molecule has 2 aromatic heterocycles. The van der Waals surface area contributed by atoms with E-state index in [0.717, 1.165) is 5.56 Å². The summed E-state index contributed by atoms with van der Waals surface area (Å²) in [5, 5.41) is 22.4. The van der Waals surface area contributed by atoms with Crippen LogP contribution < -0.4 is 10.2 Å². The van der Waals surface area contributed by atoms with Gasteiger partial charge in [0.1, 0.15) is 11.2 Å². The number of hydrogen-bond donors (Lipinski definition) is 2. The third kappa shape index (κ3) is 3.88. The highest BCUT2D eigenvalue weighted by molar-refractivity contribution is 6.29. The third-order valence-corrected chi connectivity index (χ3v) is 7.48. The van der Waals surface area contributed by atoms with Crippen molar-refractivity contribution in [1.82, 2.24) is 15.0 Å². The standard InChI is InChI=1S/C25H21ClF4N6O2/c1-12-7-14(13(2)32-15-3-4-18(26)34-20(15)22(37)38)19-16(8-12)33-17(9-31)21(35-19)36-6-5-23(11-36)10-24(27,28)25(23,29)30/h3-4,7-8,13,32H,5-6,10-11H2,1-2H3,(H,37,38)/t13-,23?/m1/s1. The van der Waals surface area contributed by atoms with Gasteiger partial charge in [0.05, 0.1) is 28.2 Å². The molecule has 1 saturated heterocycles. The monoisotopic (exact) mass is 548 g/mol. The van der Waals surface area contributed by atoms with Gasteiger partial charge in [0.15, 0.2) is 17.2 Å². The first kappa shape index (κ1) is 25.9. The number of nitrogens with one attached hydrogen (secondary N) is 1. The Balaban J connectivity index is 1.55. The summed E-state index contributed by atoms with van der Waals surface area (Å²) in [6.45, 7) is 3.22. The number of halogens is 5. The first-order valence-corrected chi connectivity index (χ1v) is 12.1. The highest BCUT2D eigenvalue weighted by Crippen LogP contribution is 2.66. The molecule has 2 N–H and O–H groups in total. The number of hydrogen-bond acceptors (Lipinski definition) is 7. The first-order valence-electron chi connectivity index (χ1n) is 11.7. The number of carboxylic acids is 1. The third-order valence-electron chi connectivity index (χ3n) is 7.27. The molecule has 5 rings (SSSR count). The number of aryl methyl sites for hydroxylation is 1. The lowest BCUT2D eigenvalue weighted by Gasteiger charge is -2.51. The van der Waals surface area contributed by atoms with Gasteiger partial charge >= 0.3 is 17.8 Å². The molecule has 3 heterocycles. The Morgan fingerprint density at radius 3 is 2.61 bits per heavy atom. The van der Waals surface area contributed by atoms with E-state index >= 15 is 0 Å². The summed E-state index contributed by atoms with van der Waals surface area (Å²) in [5.74, 6) is -9.45. The van der Waals surface area contributed by atoms with E-state index < -0.39 is 35.7 Å². The number of benzene rings is 1. The smallest absolute Gasteiger partial charge is 0.356 e. The van der Waals surface area contributed by atoms with Crippen LogP contribution in [0.1, 0.15) is 53.1 Å². The zero-order chi connectivity index (χ0) is 27.6. The van der Waals surface area contributed by atoms with Crippen LogP contribution in [0, 0.1) is 23.7 Å². The SMILES string of the molecule is Cc1cc([C@@H](C)Nc2ccc(Cl)nc2C(=O)O)c2nc(N3CCC4(C3)CC(F)(F)C4(F)F)c(C#N)nc2c1. The Kier molecular flexibility index (Phi) is 5.90. The van der Waals surface area contributed by atoms with Gasteiger partial charge in [0, 0.05) is 25.1 Å². The van der Waals surface area contributed by atoms with Crippen LogP contribution >= 0.6 is 11.6 Å². The summed E-state index contributed by atoms with van der Waals surface area (Å²) in [7, 11) is 0. The molecule has 1 aliphatic heterocycles. The average molecular weight is 549 g/mol. The number of carbonyl (C=O) groups is 1. The topological polar surface area (TPSA) is 115 Å². The molecule has 8 nitrogen and oxygen atoms in total. The van der Waals surface area contributed by atoms with E-state index in [4.69, 9.17) is 11.6 Å². The zero-order valence-electron chi connectivity index (χ0n) is 20.2. The molecule has 0 amide bonds. The fourth-order valence-corrected chi connectivity index (χ4v) is 5.50. The Morgan fingerprint density at radius 2 is 1.97 bits per heavy atom. The van der Waals surface area contributed by atoms with Crippen molar-refractivity contribution in [3.8, 4) is 6.07 Å². The molecule has 2 fully saturated rings. The number of alkyl halides is 4. The Labute approximate surface area is 219 Å². The van der Waals surface area contributed by atoms with Crippen LogP contribution in [0.25, 0.3) is 11.0 Å². The van der Waals surface area contributed by atoms with Gasteiger partial charge in [-0.05, 0) is 44.0 Å². The highest BCUT2D eigenvalue weighted by Gasteiger charge is 2.81. The number of pyridine rings is 1. The van der Waals surface area contributed by atoms with Crippen molar-refractivity contribution in [2.24, 2.45) is 5.41 Å². The molecule has 1 unspecified atom stereocenters. The maximum Gasteiger partial charge on any atom is 0.356 e. The molecule has 2 atom stereocenters. The van der Waals surface area contributed by atoms with Gasteiger partial charge in [-0.15, -0.1) is 0 Å². The van der Waals surface area contributed by atoms with Crippen LogP contribution in [-0.4, -0.2) is 51.0 Å². The molecule has 1 aliphatic carbocycles. The fourth-order valence-electron chi connectivity index (χ4n) is 5.36. The summed E-state index contributed by atoms with van der Waals surface area (Å²) in [5.41, 5.74) is 0.0537. The van der Waals surface area contributed by atoms with Crippen LogP contribution in [0.4, 0.5) is 29.1 Å². The van der Waals surface area contributed by atoms with E-state index in [1.807, 2.05) is 13.0 Å². The van der Waals surface area contributed by atoms with Crippen LogP contribution in [-0.2, 0) is 0 Å². The number of aromatic carboxylic acids is 1. The number of carboxylic acid groups (broad SMARTS) is 1. The van der Waals surface area contributed by atoms with E-state index in [1.54, 1.807) is 19.1 Å². The minimum atomic E-state index is -4.15. The number of anilines is 2. The van der Waals surface area contributed by atoms with Gasteiger partial charge in [-0.25, -0.2) is 19.7 Å². The summed E-state index contributed by atoms with van der Waals surface area (Å²) in [4.78, 5) is 26.0. The Morgan fingerprint density at radius 1 is 1.24 bits per heavy atom. The van der Waals surface area contributed by atoms with Gasteiger partial charge < -0.3 is 15.3 Å². The summed E-state index contributed by atoms with van der Waals surface area (Å²) < 4.78 is 56.1. The molecule has 1 spiro atoms. The first-order chi connectivity index (χ1) is 17.8. The van der Waals surface area contributed by atoms with Gasteiger partial charge in [-0.1, -0.05) is 17.7 Å². The van der Waals surface area contributed by atoms with Crippen molar-refractivity contribution in [3.63, 3.8) is 0 Å². The van der Waals surface area contributed by atoms with Crippen molar-refractivity contribution < 1.29 is 27.5 Å². The van der Waals surface area contributed by atoms with Crippen molar-refractivity contribution in [2.75, 3.05) is 23.3 Å². The molecular formula is C25H21ClF4N6O2. The summed E-state index contributed by atoms with van der Waals surface area (Å²) >= 11 is 5.85. The van der Waals surface area contributed by atoms with Crippen molar-refractivity contribution >= 4 is 40.1 Å². The van der Waals surface area contributed by atoms with Crippen LogP contribution in [0.2, 0.25) is 5.15 Å². The zero-order valence-corrected chi connectivity index (χ0v) is 21.0. The number of nitrogens with zero attached hydrogens (tertiary/aromatic N) is 5. The van der Waals surface area contributed by atoms with E-state index in [2.05, 4.69) is 20.3 Å². The molecule has 13 heteroatoms. The normalized spacial score (nSPS) is 22.2. The molecule has 2 aliphatic rings. The van der Waals surface area contributed by atoms with Gasteiger partial charge in [0.2, 0.25) is 0 Å². The lowest BCUT2D eigenvalue weighted by molar-refractivity contribution is -0.351. The predicted octanol–water partition coefficient (Wildman–Crippen LogP) is 5.60.